The van der Waals surface area contributed by atoms with E-state index in [1.54, 1.807) is 34.8 Å². The summed E-state index contributed by atoms with van der Waals surface area (Å²) >= 11 is 0. The van der Waals surface area contributed by atoms with Gasteiger partial charge in [-0.3, -0.25) is 9.32 Å². The minimum atomic E-state index is -4.24. The minimum Gasteiger partial charge on any atom is -0.464 e. The van der Waals surface area contributed by atoms with Gasteiger partial charge in [-0.2, -0.15) is 10.2 Å². The third-order valence-corrected chi connectivity index (χ3v) is 10.3. The summed E-state index contributed by atoms with van der Waals surface area (Å²) in [6.07, 6.45) is -0.676. The van der Waals surface area contributed by atoms with Crippen LogP contribution in [-0.4, -0.2) is 81.4 Å². The van der Waals surface area contributed by atoms with Gasteiger partial charge in [0.2, 0.25) is 0 Å². The average molecular weight is 632 g/mol. The molecule has 2 saturated heterocycles. The first-order valence-corrected chi connectivity index (χ1v) is 16.6. The normalized spacial score (nSPS) is 25.9. The molecule has 14 heteroatoms. The zero-order chi connectivity index (χ0) is 31.5. The number of aromatic nitrogens is 3. The highest BCUT2D eigenvalue weighted by Gasteiger charge is 2.61. The quantitative estimate of drug-likeness (QED) is 0.152. The fraction of sp³-hybridized carbons (Fsp3) is 0.567. The lowest BCUT2D eigenvalue weighted by Crippen LogP contribution is -2.59. The van der Waals surface area contributed by atoms with E-state index in [1.807, 2.05) is 32.9 Å². The number of esters is 1. The Hall–Kier alpha value is -2.90. The van der Waals surface area contributed by atoms with Gasteiger partial charge in [0.15, 0.2) is 0 Å². The molecule has 5 rings (SSSR count). The van der Waals surface area contributed by atoms with Crippen LogP contribution in [-0.2, 0) is 29.0 Å². The summed E-state index contributed by atoms with van der Waals surface area (Å²) in [6, 6.07) is 11.0. The van der Waals surface area contributed by atoms with Crippen LogP contribution in [0.3, 0.4) is 0 Å². The van der Waals surface area contributed by atoms with Gasteiger partial charge in [0.05, 0.1) is 30.1 Å². The first kappa shape index (κ1) is 32.5. The van der Waals surface area contributed by atoms with Gasteiger partial charge in [-0.15, -0.1) is 0 Å². The van der Waals surface area contributed by atoms with Crippen LogP contribution in [0, 0.1) is 18.8 Å². The number of ether oxygens (including phenoxy) is 2. The molecule has 0 radical (unpaired) electrons. The third kappa shape index (κ3) is 6.41. The Bertz CT molecular complexity index is 1470. The number of aliphatic hydroxyl groups excluding tert-OH is 2. The lowest BCUT2D eigenvalue weighted by Gasteiger charge is -2.44. The van der Waals surface area contributed by atoms with Crippen LogP contribution in [0.25, 0.3) is 5.52 Å². The van der Waals surface area contributed by atoms with E-state index in [4.69, 9.17) is 18.5 Å². The molecule has 1 aromatic carbocycles. The molecule has 2 aliphatic heterocycles. The zero-order valence-corrected chi connectivity index (χ0v) is 26.4. The van der Waals surface area contributed by atoms with Gasteiger partial charge >= 0.3 is 13.7 Å². The molecule has 13 nitrogen and oxygen atoms in total. The van der Waals surface area contributed by atoms with Crippen molar-refractivity contribution in [2.45, 2.75) is 70.5 Å². The molecule has 2 fully saturated rings. The van der Waals surface area contributed by atoms with E-state index >= 15 is 0 Å². The number of nitrogens with one attached hydrogen (secondary N) is 2. The van der Waals surface area contributed by atoms with E-state index in [-0.39, 0.29) is 24.2 Å². The van der Waals surface area contributed by atoms with Crippen molar-refractivity contribution in [3.8, 4) is 5.75 Å². The van der Waals surface area contributed by atoms with Gasteiger partial charge in [-0.25, -0.2) is 14.1 Å². The van der Waals surface area contributed by atoms with Gasteiger partial charge in [-0.05, 0) is 44.0 Å². The van der Waals surface area contributed by atoms with Crippen molar-refractivity contribution in [2.75, 3.05) is 26.3 Å². The minimum absolute atomic E-state index is 0.194. The van der Waals surface area contributed by atoms with Crippen molar-refractivity contribution >= 4 is 19.2 Å². The summed E-state index contributed by atoms with van der Waals surface area (Å²) in [7, 11) is -4.24. The van der Waals surface area contributed by atoms with Gasteiger partial charge < -0.3 is 29.5 Å². The second-order valence-corrected chi connectivity index (χ2v) is 13.2. The third-order valence-electron chi connectivity index (χ3n) is 8.62. The van der Waals surface area contributed by atoms with E-state index in [0.29, 0.717) is 18.8 Å². The van der Waals surface area contributed by atoms with E-state index in [1.165, 1.54) is 13.3 Å². The Balaban J connectivity index is 1.37. The van der Waals surface area contributed by atoms with E-state index in [2.05, 4.69) is 20.5 Å². The standard InChI is InChI=1S/C30H42N5O8P/c1-5-21(6-2)16-40-29(38)20(4)34-44(39,43-23-10-8-7-9-11-23)41-17-25-27(36)28(37)30(42-25,22-14-31-15-22)26-13-12-24-19(3)32-18-33-35(24)26/h7-13,18,20-22,25,27-28,31,36-37H,5-6,14-17H2,1-4H3,(H,34,39)/t20-,25+,27+,28+,30-,44-/m0/s1. The van der Waals surface area contributed by atoms with Crippen molar-refractivity contribution in [1.29, 1.82) is 0 Å². The summed E-state index contributed by atoms with van der Waals surface area (Å²) < 4.78 is 39.4. The highest BCUT2D eigenvalue weighted by Crippen LogP contribution is 2.50. The number of aryl methyl sites for hydroxylation is 1. The fourth-order valence-corrected chi connectivity index (χ4v) is 7.21. The van der Waals surface area contributed by atoms with Crippen molar-refractivity contribution in [3.63, 3.8) is 0 Å². The maximum atomic E-state index is 14.1. The largest absolute Gasteiger partial charge is 0.464 e. The maximum absolute atomic E-state index is 14.1. The highest BCUT2D eigenvalue weighted by molar-refractivity contribution is 7.52. The molecule has 2 aromatic heterocycles. The fourth-order valence-electron chi connectivity index (χ4n) is 5.70. The molecular weight excluding hydrogens is 589 g/mol. The second-order valence-electron chi connectivity index (χ2n) is 11.5. The predicted molar refractivity (Wildman–Crippen MR) is 161 cm³/mol. The monoisotopic (exact) mass is 631 g/mol. The number of benzene rings is 1. The molecule has 2 aliphatic rings. The number of hydrogen-bond donors (Lipinski definition) is 4. The Morgan fingerprint density at radius 2 is 1.93 bits per heavy atom. The predicted octanol–water partition coefficient (Wildman–Crippen LogP) is 2.73. The Kier molecular flexibility index (Phi) is 10.1. The molecule has 0 saturated carbocycles. The van der Waals surface area contributed by atoms with Crippen LogP contribution >= 0.6 is 7.75 Å². The van der Waals surface area contributed by atoms with Crippen molar-refractivity contribution in [1.82, 2.24) is 25.0 Å². The molecule has 0 amide bonds. The van der Waals surface area contributed by atoms with Crippen molar-refractivity contribution in [3.05, 3.63) is 60.2 Å². The Morgan fingerprint density at radius 1 is 1.20 bits per heavy atom. The smallest absolute Gasteiger partial charge is 0.459 e. The van der Waals surface area contributed by atoms with Crippen LogP contribution < -0.4 is 14.9 Å². The molecular formula is C30H42N5O8P. The van der Waals surface area contributed by atoms with Crippen LogP contribution in [0.1, 0.15) is 45.0 Å². The van der Waals surface area contributed by atoms with E-state index in [0.717, 1.165) is 24.1 Å². The van der Waals surface area contributed by atoms with Crippen LogP contribution in [0.5, 0.6) is 5.75 Å². The number of carbonyl (C=O) groups excluding carboxylic acids is 1. The molecule has 44 heavy (non-hydrogen) atoms. The number of hydrogen-bond acceptors (Lipinski definition) is 11. The van der Waals surface area contributed by atoms with E-state index < -0.39 is 50.3 Å². The molecule has 0 unspecified atom stereocenters. The van der Waals surface area contributed by atoms with Gasteiger partial charge in [-0.1, -0.05) is 44.9 Å². The van der Waals surface area contributed by atoms with Gasteiger partial charge in [0.1, 0.15) is 42.0 Å². The number of nitrogens with zero attached hydrogens (tertiary/aromatic N) is 3. The molecule has 240 valence electrons. The van der Waals surface area contributed by atoms with Crippen molar-refractivity contribution in [2.24, 2.45) is 11.8 Å². The lowest BCUT2D eigenvalue weighted by atomic mass is 9.76. The van der Waals surface area contributed by atoms with Crippen LogP contribution in [0.4, 0.5) is 0 Å². The SMILES string of the molecule is CCC(CC)COC(=O)[C@H](C)N[P@](=O)(OC[C@H]1O[C@](c2ccc3c(C)ncnn23)(C2CNC2)[C@H](O)[C@@H]1O)Oc1ccccc1. The number of para-hydroxylation sites is 1. The van der Waals surface area contributed by atoms with E-state index in [9.17, 15) is 19.6 Å². The van der Waals surface area contributed by atoms with Crippen molar-refractivity contribution < 1.29 is 38.1 Å². The first-order chi connectivity index (χ1) is 21.1. The Labute approximate surface area is 256 Å². The molecule has 6 atom stereocenters. The number of rotatable bonds is 14. The zero-order valence-electron chi connectivity index (χ0n) is 25.5. The number of fused-ring (bicyclic) bond motifs is 1. The molecule has 3 aromatic rings. The number of carbonyl (C=O) groups is 1. The van der Waals surface area contributed by atoms with Crippen LogP contribution in [0.2, 0.25) is 0 Å². The summed E-state index contributed by atoms with van der Waals surface area (Å²) in [5.41, 5.74) is 0.720. The molecule has 0 bridgehead atoms. The summed E-state index contributed by atoms with van der Waals surface area (Å²) in [6.45, 7) is 8.35. The van der Waals surface area contributed by atoms with Gasteiger partial charge in [0.25, 0.3) is 0 Å². The average Bonchev–Trinajstić information content (AvgIpc) is 3.53. The molecule has 4 heterocycles. The topological polar surface area (TPSA) is 166 Å². The molecule has 0 aliphatic carbocycles. The number of aliphatic hydroxyl groups is 2. The molecule has 4 N–H and O–H groups in total. The lowest BCUT2D eigenvalue weighted by molar-refractivity contribution is -0.147. The maximum Gasteiger partial charge on any atom is 0.459 e. The Morgan fingerprint density at radius 3 is 2.59 bits per heavy atom. The summed E-state index contributed by atoms with van der Waals surface area (Å²) in [5, 5.41) is 33.1. The van der Waals surface area contributed by atoms with Gasteiger partial charge in [0, 0.05) is 19.0 Å². The molecule has 0 spiro atoms. The summed E-state index contributed by atoms with van der Waals surface area (Å²) in [4.78, 5) is 17.0. The first-order valence-electron chi connectivity index (χ1n) is 15.1. The highest BCUT2D eigenvalue weighted by atomic mass is 31.2. The summed E-state index contributed by atoms with van der Waals surface area (Å²) in [5.74, 6) is -0.320. The second kappa shape index (κ2) is 13.6. The van der Waals surface area contributed by atoms with Crippen LogP contribution in [0.15, 0.2) is 48.8 Å².